The van der Waals surface area contributed by atoms with Gasteiger partial charge in [-0.15, -0.1) is 11.5 Å². The Morgan fingerprint density at radius 2 is 2.50 bits per heavy atom. The number of hydrogen-bond acceptors (Lipinski definition) is 3. The highest BCUT2D eigenvalue weighted by Gasteiger charge is 2.04. The van der Waals surface area contributed by atoms with E-state index in [1.54, 1.807) is 4.52 Å². The molecule has 0 spiro atoms. The second-order valence-electron chi connectivity index (χ2n) is 2.62. The van der Waals surface area contributed by atoms with E-state index in [4.69, 9.17) is 6.42 Å². The summed E-state index contributed by atoms with van der Waals surface area (Å²) < 4.78 is 2.59. The third-order valence-corrected chi connectivity index (χ3v) is 2.28. The second-order valence-corrected chi connectivity index (χ2v) is 3.47. The minimum atomic E-state index is 0.425. The molecule has 2 rings (SSSR count). The maximum Gasteiger partial charge on any atom is 0.243 e. The number of nitrogens with one attached hydrogen (secondary N) is 1. The lowest BCUT2D eigenvalue weighted by atomic mass is 10.5. The number of halogens is 1. The average Bonchev–Trinajstić information content (AvgIpc) is 2.59. The first-order valence-corrected chi connectivity index (χ1v) is 4.79. The Morgan fingerprint density at radius 3 is 3.21 bits per heavy atom. The Balaban J connectivity index is 2.42. The molecule has 2 heterocycles. The predicted octanol–water partition coefficient (Wildman–Crippen LogP) is 1.54. The second kappa shape index (κ2) is 3.68. The summed E-state index contributed by atoms with van der Waals surface area (Å²) in [5.74, 6) is 3.00. The molecule has 0 saturated carbocycles. The Bertz CT molecular complexity index is 497. The number of hydrogen-bond donors (Lipinski definition) is 1. The minimum absolute atomic E-state index is 0.425. The van der Waals surface area contributed by atoms with E-state index in [2.05, 4.69) is 37.2 Å². The summed E-state index contributed by atoms with van der Waals surface area (Å²) in [6.45, 7) is 0.425. The molecular formula is C9H7BrN4. The highest BCUT2D eigenvalue weighted by Crippen LogP contribution is 2.16. The number of terminal acetylenes is 1. The van der Waals surface area contributed by atoms with Crippen molar-refractivity contribution in [3.63, 3.8) is 0 Å². The van der Waals surface area contributed by atoms with E-state index < -0.39 is 0 Å². The van der Waals surface area contributed by atoms with Gasteiger partial charge in [-0.05, 0) is 28.1 Å². The van der Waals surface area contributed by atoms with Crippen LogP contribution in [0.15, 0.2) is 22.8 Å². The molecule has 0 fully saturated rings. The third-order valence-electron chi connectivity index (χ3n) is 1.66. The molecule has 0 aliphatic rings. The summed E-state index contributed by atoms with van der Waals surface area (Å²) in [6.07, 6.45) is 6.94. The molecule has 0 bridgehead atoms. The van der Waals surface area contributed by atoms with Crippen molar-refractivity contribution in [1.82, 2.24) is 14.6 Å². The highest BCUT2D eigenvalue weighted by molar-refractivity contribution is 9.10. The van der Waals surface area contributed by atoms with Crippen LogP contribution >= 0.6 is 15.9 Å². The molecule has 1 N–H and O–H groups in total. The van der Waals surface area contributed by atoms with Crippen LogP contribution in [0.1, 0.15) is 0 Å². The van der Waals surface area contributed by atoms with E-state index in [1.165, 1.54) is 0 Å². The van der Waals surface area contributed by atoms with Crippen LogP contribution in [-0.4, -0.2) is 21.1 Å². The maximum absolute atomic E-state index is 5.12. The number of nitrogens with zero attached hydrogens (tertiary/aromatic N) is 3. The number of pyridine rings is 1. The molecule has 0 atom stereocenters. The van der Waals surface area contributed by atoms with Gasteiger partial charge in [0.15, 0.2) is 5.65 Å². The lowest BCUT2D eigenvalue weighted by Crippen LogP contribution is -1.99. The first-order valence-electron chi connectivity index (χ1n) is 3.99. The molecule has 2 aromatic heterocycles. The highest BCUT2D eigenvalue weighted by atomic mass is 79.9. The van der Waals surface area contributed by atoms with Crippen LogP contribution in [0, 0.1) is 12.3 Å². The molecule has 0 aromatic carbocycles. The fourth-order valence-corrected chi connectivity index (χ4v) is 1.50. The lowest BCUT2D eigenvalue weighted by Gasteiger charge is -1.90. The van der Waals surface area contributed by atoms with Crippen LogP contribution in [0.2, 0.25) is 0 Å². The summed E-state index contributed by atoms with van der Waals surface area (Å²) in [5, 5.41) is 7.09. The van der Waals surface area contributed by atoms with Gasteiger partial charge in [0.2, 0.25) is 5.95 Å². The molecule has 0 aliphatic carbocycles. The topological polar surface area (TPSA) is 42.2 Å². The van der Waals surface area contributed by atoms with E-state index in [0.717, 1.165) is 10.1 Å². The molecule has 0 amide bonds. The van der Waals surface area contributed by atoms with Gasteiger partial charge in [-0.3, -0.25) is 0 Å². The number of fused-ring (bicyclic) bond motifs is 1. The minimum Gasteiger partial charge on any atom is -0.342 e. The zero-order valence-corrected chi connectivity index (χ0v) is 8.82. The molecule has 0 saturated heterocycles. The van der Waals surface area contributed by atoms with Gasteiger partial charge in [0.25, 0.3) is 0 Å². The van der Waals surface area contributed by atoms with E-state index in [9.17, 15) is 0 Å². The van der Waals surface area contributed by atoms with Gasteiger partial charge >= 0.3 is 0 Å². The monoisotopic (exact) mass is 250 g/mol. The third kappa shape index (κ3) is 1.56. The molecule has 70 valence electrons. The van der Waals surface area contributed by atoms with Crippen molar-refractivity contribution >= 4 is 27.5 Å². The van der Waals surface area contributed by atoms with Crippen molar-refractivity contribution in [3.05, 3.63) is 22.8 Å². The smallest absolute Gasteiger partial charge is 0.243 e. The van der Waals surface area contributed by atoms with E-state index in [1.807, 2.05) is 18.3 Å². The van der Waals surface area contributed by atoms with Crippen LogP contribution in [0.5, 0.6) is 0 Å². The van der Waals surface area contributed by atoms with Crippen molar-refractivity contribution < 1.29 is 0 Å². The molecule has 0 unspecified atom stereocenters. The van der Waals surface area contributed by atoms with Crippen molar-refractivity contribution in [2.45, 2.75) is 0 Å². The number of aromatic nitrogens is 3. The Morgan fingerprint density at radius 1 is 1.64 bits per heavy atom. The zero-order valence-electron chi connectivity index (χ0n) is 7.24. The Kier molecular flexibility index (Phi) is 2.37. The average molecular weight is 251 g/mol. The molecule has 0 aliphatic heterocycles. The fraction of sp³-hybridized carbons (Fsp3) is 0.111. The number of anilines is 1. The van der Waals surface area contributed by atoms with Gasteiger partial charge in [-0.1, -0.05) is 5.92 Å². The largest absolute Gasteiger partial charge is 0.342 e. The van der Waals surface area contributed by atoms with Crippen molar-refractivity contribution in [1.29, 1.82) is 0 Å². The van der Waals surface area contributed by atoms with Gasteiger partial charge in [-0.2, -0.15) is 4.98 Å². The summed E-state index contributed by atoms with van der Waals surface area (Å²) in [7, 11) is 0. The molecule has 2 aromatic rings. The van der Waals surface area contributed by atoms with Crippen LogP contribution in [-0.2, 0) is 0 Å². The van der Waals surface area contributed by atoms with Gasteiger partial charge in [0.1, 0.15) is 0 Å². The van der Waals surface area contributed by atoms with E-state index in [-0.39, 0.29) is 0 Å². The van der Waals surface area contributed by atoms with Crippen molar-refractivity contribution in [2.24, 2.45) is 0 Å². The molecule has 0 radical (unpaired) electrons. The molecule has 4 nitrogen and oxygen atoms in total. The van der Waals surface area contributed by atoms with Crippen molar-refractivity contribution in [3.8, 4) is 12.3 Å². The SMILES string of the molecule is C#CCNc1nc2c(Br)cccn2n1. The van der Waals surface area contributed by atoms with Crippen molar-refractivity contribution in [2.75, 3.05) is 11.9 Å². The molecule has 5 heteroatoms. The van der Waals surface area contributed by atoms with Gasteiger partial charge < -0.3 is 5.32 Å². The van der Waals surface area contributed by atoms with Crippen LogP contribution < -0.4 is 5.32 Å². The summed E-state index contributed by atoms with van der Waals surface area (Å²) in [5.41, 5.74) is 0.770. The summed E-state index contributed by atoms with van der Waals surface area (Å²) >= 11 is 3.39. The first kappa shape index (κ1) is 9.03. The lowest BCUT2D eigenvalue weighted by molar-refractivity contribution is 0.957. The standard InChI is InChI=1S/C9H7BrN4/c1-2-5-11-9-12-8-7(10)4-3-6-14(8)13-9/h1,3-4,6H,5H2,(H,11,13). The quantitative estimate of drug-likeness (QED) is 0.823. The molecule has 14 heavy (non-hydrogen) atoms. The first-order chi connectivity index (χ1) is 6.81. The van der Waals surface area contributed by atoms with Gasteiger partial charge in [0, 0.05) is 6.20 Å². The predicted molar refractivity (Wildman–Crippen MR) is 58.0 cm³/mol. The van der Waals surface area contributed by atoms with Crippen LogP contribution in [0.4, 0.5) is 5.95 Å². The summed E-state index contributed by atoms with van der Waals surface area (Å²) in [4.78, 5) is 4.25. The van der Waals surface area contributed by atoms with E-state index in [0.29, 0.717) is 12.5 Å². The Labute approximate surface area is 89.5 Å². The zero-order chi connectivity index (χ0) is 9.97. The number of rotatable bonds is 2. The fourth-order valence-electron chi connectivity index (χ4n) is 1.08. The van der Waals surface area contributed by atoms with E-state index >= 15 is 0 Å². The maximum atomic E-state index is 5.12. The van der Waals surface area contributed by atoms with Gasteiger partial charge in [-0.25, -0.2) is 4.52 Å². The summed E-state index contributed by atoms with van der Waals surface area (Å²) in [6, 6.07) is 3.80. The van der Waals surface area contributed by atoms with Gasteiger partial charge in [0.05, 0.1) is 11.0 Å². The normalized spacial score (nSPS) is 10.0. The molecular weight excluding hydrogens is 244 g/mol. The Hall–Kier alpha value is -1.54. The van der Waals surface area contributed by atoms with Crippen LogP contribution in [0.25, 0.3) is 5.65 Å². The van der Waals surface area contributed by atoms with Crippen LogP contribution in [0.3, 0.4) is 0 Å².